The van der Waals surface area contributed by atoms with Crippen LogP contribution in [0.4, 0.5) is 5.82 Å². The summed E-state index contributed by atoms with van der Waals surface area (Å²) in [4.78, 5) is 17.1. The molecule has 32 heavy (non-hydrogen) atoms. The Morgan fingerprint density at radius 1 is 0.969 bits per heavy atom. The molecule has 1 aliphatic carbocycles. The van der Waals surface area contributed by atoms with E-state index in [0.717, 1.165) is 9.65 Å². The van der Waals surface area contributed by atoms with E-state index in [1.165, 1.54) is 12.7 Å². The van der Waals surface area contributed by atoms with E-state index in [1.807, 2.05) is 13.0 Å². The minimum absolute atomic E-state index is 0.137. The predicted molar refractivity (Wildman–Crippen MR) is 118 cm³/mol. The van der Waals surface area contributed by atoms with Gasteiger partial charge in [-0.15, -0.1) is 5.10 Å². The summed E-state index contributed by atoms with van der Waals surface area (Å²) in [5.41, 5.74) is 8.62. The van der Waals surface area contributed by atoms with Crippen molar-refractivity contribution in [3.63, 3.8) is 0 Å². The van der Waals surface area contributed by atoms with Crippen LogP contribution in [0.1, 0.15) is 28.2 Å². The van der Waals surface area contributed by atoms with E-state index in [0.29, 0.717) is 22.6 Å². The van der Waals surface area contributed by atoms with Crippen LogP contribution in [0.15, 0.2) is 72.4 Å². The van der Waals surface area contributed by atoms with Gasteiger partial charge < -0.3 is 5.73 Å². The van der Waals surface area contributed by atoms with Gasteiger partial charge in [0.1, 0.15) is 12.7 Å². The van der Waals surface area contributed by atoms with Gasteiger partial charge in [-0.2, -0.15) is 12.5 Å². The SMILES string of the molecule is Cc1ccc(S(=O)(=O)n2nc(N)c3c2CC(c2ccncn2)(c2ccncn2)C=C3)cc1. The molecule has 9 nitrogen and oxygen atoms in total. The van der Waals surface area contributed by atoms with Crippen molar-refractivity contribution in [1.29, 1.82) is 0 Å². The molecule has 0 amide bonds. The smallest absolute Gasteiger partial charge is 0.283 e. The third-order valence-electron chi connectivity index (χ3n) is 5.62. The Morgan fingerprint density at radius 3 is 2.16 bits per heavy atom. The second-order valence-corrected chi connectivity index (χ2v) is 9.34. The first kappa shape index (κ1) is 20.0. The van der Waals surface area contributed by atoms with Crippen molar-refractivity contribution in [3.05, 3.63) is 95.7 Å². The number of benzene rings is 1. The number of nitrogen functional groups attached to an aromatic ring is 1. The van der Waals surface area contributed by atoms with E-state index in [1.54, 1.807) is 54.9 Å². The number of nitrogens with two attached hydrogens (primary N) is 1. The van der Waals surface area contributed by atoms with Crippen LogP contribution >= 0.6 is 0 Å². The number of nitrogens with zero attached hydrogens (tertiary/aromatic N) is 6. The zero-order valence-corrected chi connectivity index (χ0v) is 17.9. The average Bonchev–Trinajstić information content (AvgIpc) is 3.17. The molecule has 0 atom stereocenters. The molecule has 0 spiro atoms. The van der Waals surface area contributed by atoms with Crippen molar-refractivity contribution in [2.75, 3.05) is 5.73 Å². The second-order valence-electron chi connectivity index (χ2n) is 7.58. The molecule has 0 bridgehead atoms. The van der Waals surface area contributed by atoms with E-state index in [2.05, 4.69) is 25.0 Å². The quantitative estimate of drug-likeness (QED) is 0.506. The Balaban J connectivity index is 1.71. The zero-order valence-electron chi connectivity index (χ0n) is 17.1. The Kier molecular flexibility index (Phi) is 4.59. The molecule has 0 saturated carbocycles. The largest absolute Gasteiger partial charge is 0.382 e. The van der Waals surface area contributed by atoms with Gasteiger partial charge in [-0.3, -0.25) is 0 Å². The molecular weight excluding hydrogens is 426 g/mol. The van der Waals surface area contributed by atoms with E-state index in [9.17, 15) is 8.42 Å². The number of aromatic nitrogens is 6. The lowest BCUT2D eigenvalue weighted by molar-refractivity contribution is 0.552. The fourth-order valence-corrected chi connectivity index (χ4v) is 5.29. The summed E-state index contributed by atoms with van der Waals surface area (Å²) in [7, 11) is -3.96. The van der Waals surface area contributed by atoms with E-state index in [4.69, 9.17) is 5.73 Å². The standard InChI is InChI=1S/C22H19N7O2S/c1-15-2-4-16(5-3-15)32(30,31)29-18-12-22(19-7-10-24-13-26-19,20-8-11-25-14-27-20)9-6-17(18)21(23)28-29/h2-11,13-14H,12H2,1H3,(H2,23,28). The molecule has 10 heteroatoms. The maximum absolute atomic E-state index is 13.5. The van der Waals surface area contributed by atoms with E-state index >= 15 is 0 Å². The van der Waals surface area contributed by atoms with Gasteiger partial charge in [0.2, 0.25) is 0 Å². The van der Waals surface area contributed by atoms with Crippen molar-refractivity contribution in [3.8, 4) is 0 Å². The van der Waals surface area contributed by atoms with Crippen LogP contribution in [0.3, 0.4) is 0 Å². The molecule has 1 aromatic carbocycles. The Labute approximate surface area is 184 Å². The van der Waals surface area contributed by atoms with Crippen molar-refractivity contribution in [2.24, 2.45) is 0 Å². The van der Waals surface area contributed by atoms with Crippen LogP contribution in [-0.4, -0.2) is 37.5 Å². The molecule has 3 aromatic heterocycles. The topological polar surface area (TPSA) is 130 Å². The van der Waals surface area contributed by atoms with Crippen molar-refractivity contribution in [2.45, 2.75) is 23.7 Å². The first-order valence-corrected chi connectivity index (χ1v) is 11.3. The fourth-order valence-electron chi connectivity index (χ4n) is 3.96. The third kappa shape index (κ3) is 3.07. The summed E-state index contributed by atoms with van der Waals surface area (Å²) in [6.07, 6.45) is 10.1. The van der Waals surface area contributed by atoms with Crippen molar-refractivity contribution < 1.29 is 8.42 Å². The predicted octanol–water partition coefficient (Wildman–Crippen LogP) is 2.15. The summed E-state index contributed by atoms with van der Waals surface area (Å²) in [6.45, 7) is 1.90. The molecule has 4 aromatic rings. The molecule has 0 aliphatic heterocycles. The lowest BCUT2D eigenvalue weighted by Gasteiger charge is -2.32. The Morgan fingerprint density at radius 2 is 1.59 bits per heavy atom. The van der Waals surface area contributed by atoms with Crippen molar-refractivity contribution >= 4 is 21.9 Å². The number of aryl methyl sites for hydroxylation is 1. The number of rotatable bonds is 4. The zero-order chi connectivity index (χ0) is 22.3. The van der Waals surface area contributed by atoms with Gasteiger partial charge in [-0.25, -0.2) is 19.9 Å². The monoisotopic (exact) mass is 445 g/mol. The first-order valence-electron chi connectivity index (χ1n) is 9.84. The lowest BCUT2D eigenvalue weighted by atomic mass is 9.73. The molecule has 3 heterocycles. The highest BCUT2D eigenvalue weighted by molar-refractivity contribution is 7.89. The molecule has 0 unspecified atom stereocenters. The van der Waals surface area contributed by atoms with Crippen LogP contribution in [-0.2, 0) is 21.9 Å². The highest BCUT2D eigenvalue weighted by Crippen LogP contribution is 2.41. The van der Waals surface area contributed by atoms with Crippen LogP contribution in [0.5, 0.6) is 0 Å². The molecule has 5 rings (SSSR count). The molecule has 0 saturated heterocycles. The summed E-state index contributed by atoms with van der Waals surface area (Å²) < 4.78 is 28.0. The molecule has 0 radical (unpaired) electrons. The lowest BCUT2D eigenvalue weighted by Crippen LogP contribution is -2.34. The van der Waals surface area contributed by atoms with E-state index < -0.39 is 15.4 Å². The van der Waals surface area contributed by atoms with Gasteiger partial charge in [-0.05, 0) is 31.2 Å². The molecule has 1 aliphatic rings. The molecular formula is C22H19N7O2S. The summed E-state index contributed by atoms with van der Waals surface area (Å²) in [6, 6.07) is 10.2. The highest BCUT2D eigenvalue weighted by atomic mass is 32.2. The number of hydrogen-bond donors (Lipinski definition) is 1. The minimum Gasteiger partial charge on any atom is -0.382 e. The number of anilines is 1. The van der Waals surface area contributed by atoms with Gasteiger partial charge in [0, 0.05) is 24.4 Å². The van der Waals surface area contributed by atoms with Gasteiger partial charge >= 0.3 is 0 Å². The Hall–Kier alpha value is -3.92. The minimum atomic E-state index is -3.96. The van der Waals surface area contributed by atoms with Gasteiger partial charge in [0.25, 0.3) is 10.0 Å². The number of allylic oxidation sites excluding steroid dienone is 1. The van der Waals surface area contributed by atoms with Gasteiger partial charge in [0.05, 0.1) is 27.4 Å². The number of fused-ring (bicyclic) bond motifs is 1. The van der Waals surface area contributed by atoms with Gasteiger partial charge in [0.15, 0.2) is 5.82 Å². The van der Waals surface area contributed by atoms with Crippen LogP contribution in [0.2, 0.25) is 0 Å². The normalized spacial score (nSPS) is 14.8. The molecule has 0 fully saturated rings. The van der Waals surface area contributed by atoms with Gasteiger partial charge in [-0.1, -0.05) is 29.8 Å². The Bertz CT molecular complexity index is 1380. The van der Waals surface area contributed by atoms with Crippen molar-refractivity contribution in [1.82, 2.24) is 29.1 Å². The summed E-state index contributed by atoms with van der Waals surface area (Å²) in [5, 5.41) is 4.21. The fraction of sp³-hybridized carbons (Fsp3) is 0.136. The van der Waals surface area contributed by atoms with Crippen LogP contribution in [0.25, 0.3) is 6.08 Å². The first-order chi connectivity index (χ1) is 15.4. The van der Waals surface area contributed by atoms with Crippen LogP contribution in [0, 0.1) is 6.92 Å². The third-order valence-corrected chi connectivity index (χ3v) is 7.25. The molecule has 2 N–H and O–H groups in total. The maximum Gasteiger partial charge on any atom is 0.283 e. The van der Waals surface area contributed by atoms with E-state index in [-0.39, 0.29) is 17.1 Å². The average molecular weight is 446 g/mol. The second kappa shape index (κ2) is 7.34. The maximum atomic E-state index is 13.5. The summed E-state index contributed by atoms with van der Waals surface area (Å²) >= 11 is 0. The summed E-state index contributed by atoms with van der Waals surface area (Å²) in [5.74, 6) is 0.144. The number of hydrogen-bond acceptors (Lipinski definition) is 8. The highest BCUT2D eigenvalue weighted by Gasteiger charge is 2.41. The van der Waals surface area contributed by atoms with Crippen LogP contribution < -0.4 is 5.73 Å². The molecule has 160 valence electrons.